The summed E-state index contributed by atoms with van der Waals surface area (Å²) in [5.41, 5.74) is 1.17. The minimum Gasteiger partial charge on any atom is -0.495 e. The zero-order chi connectivity index (χ0) is 20.8. The van der Waals surface area contributed by atoms with Crippen molar-refractivity contribution in [2.24, 2.45) is 0 Å². The van der Waals surface area contributed by atoms with Gasteiger partial charge in [-0.15, -0.1) is 0 Å². The molecule has 2 aliphatic rings. The van der Waals surface area contributed by atoms with Crippen molar-refractivity contribution in [2.75, 3.05) is 51.3 Å². The van der Waals surface area contributed by atoms with Gasteiger partial charge in [-0.25, -0.2) is 4.98 Å². The highest BCUT2D eigenvalue weighted by molar-refractivity contribution is 5.76. The van der Waals surface area contributed by atoms with Gasteiger partial charge in [0, 0.05) is 58.3 Å². The molecule has 0 N–H and O–H groups in total. The molecule has 2 fully saturated rings. The Morgan fingerprint density at radius 3 is 2.77 bits per heavy atom. The molecule has 0 spiro atoms. The molecule has 0 aliphatic carbocycles. The van der Waals surface area contributed by atoms with Crippen LogP contribution in [0.25, 0.3) is 0 Å². The number of anilines is 1. The molecule has 8 nitrogen and oxygen atoms in total. The molecule has 1 aromatic carbocycles. The molecule has 8 heteroatoms. The molecule has 30 heavy (non-hydrogen) atoms. The zero-order valence-electron chi connectivity index (χ0n) is 17.8. The highest BCUT2D eigenvalue weighted by Gasteiger charge is 2.30. The number of likely N-dealkylation sites (tertiary alicyclic amines) is 1. The van der Waals surface area contributed by atoms with E-state index in [1.165, 1.54) is 18.4 Å². The quantitative estimate of drug-likeness (QED) is 0.692. The van der Waals surface area contributed by atoms with E-state index in [1.54, 1.807) is 18.1 Å². The molecular weight excluding hydrogens is 380 g/mol. The van der Waals surface area contributed by atoms with E-state index < -0.39 is 0 Å². The number of benzene rings is 1. The Morgan fingerprint density at radius 2 is 2.00 bits per heavy atom. The van der Waals surface area contributed by atoms with Crippen molar-refractivity contribution in [1.82, 2.24) is 24.6 Å². The van der Waals surface area contributed by atoms with Crippen molar-refractivity contribution in [3.63, 3.8) is 0 Å². The van der Waals surface area contributed by atoms with Crippen LogP contribution in [0.4, 0.5) is 5.69 Å². The number of rotatable bonds is 7. The smallest absolute Gasteiger partial charge is 0.222 e. The van der Waals surface area contributed by atoms with E-state index in [0.717, 1.165) is 64.4 Å². The maximum atomic E-state index is 12.7. The Labute approximate surface area is 178 Å². The summed E-state index contributed by atoms with van der Waals surface area (Å²) in [6.45, 7) is 6.52. The summed E-state index contributed by atoms with van der Waals surface area (Å²) in [4.78, 5) is 23.7. The third-order valence-corrected chi connectivity index (χ3v) is 6.25. The highest BCUT2D eigenvalue weighted by atomic mass is 16.5. The van der Waals surface area contributed by atoms with E-state index in [2.05, 4.69) is 36.9 Å². The summed E-state index contributed by atoms with van der Waals surface area (Å²) in [5, 5.41) is 4.10. The average Bonchev–Trinajstić information content (AvgIpc) is 3.33. The van der Waals surface area contributed by atoms with Crippen LogP contribution in [0.5, 0.6) is 5.75 Å². The molecule has 1 aromatic heterocycles. The SMILES string of the molecule is COc1ccccc1N1CCN([C@@H]2CCCN(C(=O)CCCn3cncn3)C2)CC1. The van der Waals surface area contributed by atoms with Crippen LogP contribution in [0, 0.1) is 0 Å². The van der Waals surface area contributed by atoms with Crippen molar-refractivity contribution in [1.29, 1.82) is 0 Å². The Balaban J connectivity index is 1.25. The van der Waals surface area contributed by atoms with Crippen LogP contribution in [0.1, 0.15) is 25.7 Å². The lowest BCUT2D eigenvalue weighted by Crippen LogP contribution is -2.55. The van der Waals surface area contributed by atoms with Crippen LogP contribution < -0.4 is 9.64 Å². The second-order valence-electron chi connectivity index (χ2n) is 8.09. The van der Waals surface area contributed by atoms with Gasteiger partial charge in [0.25, 0.3) is 0 Å². The molecule has 0 saturated carbocycles. The lowest BCUT2D eigenvalue weighted by atomic mass is 10.0. The predicted octanol–water partition coefficient (Wildman–Crippen LogP) is 1.88. The molecule has 4 rings (SSSR count). The van der Waals surface area contributed by atoms with Crippen molar-refractivity contribution in [3.8, 4) is 5.75 Å². The Bertz CT molecular complexity index is 804. The van der Waals surface area contributed by atoms with Gasteiger partial charge in [0.05, 0.1) is 12.8 Å². The summed E-state index contributed by atoms with van der Waals surface area (Å²) >= 11 is 0. The number of carbonyl (C=O) groups excluding carboxylic acids is 1. The lowest BCUT2D eigenvalue weighted by Gasteiger charge is -2.44. The number of methoxy groups -OCH3 is 1. The fourth-order valence-corrected chi connectivity index (χ4v) is 4.60. The molecular formula is C22H32N6O2. The summed E-state index contributed by atoms with van der Waals surface area (Å²) in [6, 6.07) is 8.71. The predicted molar refractivity (Wildman–Crippen MR) is 116 cm³/mol. The first-order valence-electron chi connectivity index (χ1n) is 11.0. The normalized spacial score (nSPS) is 20.4. The van der Waals surface area contributed by atoms with Crippen molar-refractivity contribution >= 4 is 11.6 Å². The molecule has 2 aromatic rings. The molecule has 1 atom stereocenters. The van der Waals surface area contributed by atoms with E-state index in [-0.39, 0.29) is 5.91 Å². The summed E-state index contributed by atoms with van der Waals surface area (Å²) in [5.74, 6) is 1.21. The van der Waals surface area contributed by atoms with Crippen LogP contribution in [0.15, 0.2) is 36.9 Å². The van der Waals surface area contributed by atoms with Gasteiger partial charge in [0.1, 0.15) is 18.4 Å². The first-order chi connectivity index (χ1) is 14.7. The third-order valence-electron chi connectivity index (χ3n) is 6.25. The van der Waals surface area contributed by atoms with Crippen molar-refractivity contribution in [3.05, 3.63) is 36.9 Å². The minimum atomic E-state index is 0.271. The van der Waals surface area contributed by atoms with Gasteiger partial charge in [0.15, 0.2) is 0 Å². The topological polar surface area (TPSA) is 66.7 Å². The largest absolute Gasteiger partial charge is 0.495 e. The number of ether oxygens (including phenoxy) is 1. The van der Waals surface area contributed by atoms with Gasteiger partial charge < -0.3 is 14.5 Å². The number of aromatic nitrogens is 3. The number of para-hydroxylation sites is 2. The number of aryl methyl sites for hydroxylation is 1. The van der Waals surface area contributed by atoms with E-state index in [0.29, 0.717) is 12.5 Å². The number of hydrogen-bond donors (Lipinski definition) is 0. The third kappa shape index (κ3) is 4.92. The van der Waals surface area contributed by atoms with E-state index >= 15 is 0 Å². The average molecular weight is 413 g/mol. The molecule has 0 unspecified atom stereocenters. The second-order valence-corrected chi connectivity index (χ2v) is 8.09. The number of nitrogens with zero attached hydrogens (tertiary/aromatic N) is 6. The zero-order valence-corrected chi connectivity index (χ0v) is 17.8. The van der Waals surface area contributed by atoms with Crippen LogP contribution in [-0.2, 0) is 11.3 Å². The molecule has 0 bridgehead atoms. The van der Waals surface area contributed by atoms with Crippen molar-refractivity contribution < 1.29 is 9.53 Å². The van der Waals surface area contributed by atoms with E-state index in [1.807, 2.05) is 12.1 Å². The fraction of sp³-hybridized carbons (Fsp3) is 0.591. The Kier molecular flexibility index (Phi) is 6.84. The van der Waals surface area contributed by atoms with Crippen LogP contribution in [-0.4, -0.2) is 82.9 Å². The number of piperazine rings is 1. The number of carbonyl (C=O) groups is 1. The van der Waals surface area contributed by atoms with E-state index in [9.17, 15) is 4.79 Å². The van der Waals surface area contributed by atoms with Crippen LogP contribution in [0.2, 0.25) is 0 Å². The maximum absolute atomic E-state index is 12.7. The standard InChI is InChI=1S/C22H32N6O2/c1-30-21-8-3-2-7-20(21)26-14-12-25(13-15-26)19-6-4-10-27(16-19)22(29)9-5-11-28-18-23-17-24-28/h2-3,7-8,17-19H,4-6,9-16H2,1H3/t19-/m1/s1. The summed E-state index contributed by atoms with van der Waals surface area (Å²) < 4.78 is 7.31. The second kappa shape index (κ2) is 9.93. The first-order valence-corrected chi connectivity index (χ1v) is 11.0. The fourth-order valence-electron chi connectivity index (χ4n) is 4.60. The number of piperidine rings is 1. The monoisotopic (exact) mass is 412 g/mol. The highest BCUT2D eigenvalue weighted by Crippen LogP contribution is 2.29. The van der Waals surface area contributed by atoms with Gasteiger partial charge in [-0.05, 0) is 31.4 Å². The molecule has 1 amide bonds. The molecule has 2 saturated heterocycles. The Hall–Kier alpha value is -2.61. The Morgan fingerprint density at radius 1 is 1.17 bits per heavy atom. The van der Waals surface area contributed by atoms with Crippen LogP contribution in [0.3, 0.4) is 0 Å². The minimum absolute atomic E-state index is 0.271. The van der Waals surface area contributed by atoms with Gasteiger partial charge in [-0.1, -0.05) is 12.1 Å². The van der Waals surface area contributed by atoms with Gasteiger partial charge in [0.2, 0.25) is 5.91 Å². The molecule has 162 valence electrons. The van der Waals surface area contributed by atoms with Gasteiger partial charge in [-0.2, -0.15) is 5.10 Å². The number of amides is 1. The maximum Gasteiger partial charge on any atom is 0.222 e. The number of hydrogen-bond acceptors (Lipinski definition) is 6. The first kappa shape index (κ1) is 20.7. The molecule has 2 aliphatic heterocycles. The summed E-state index contributed by atoms with van der Waals surface area (Å²) in [6.07, 6.45) is 6.88. The van der Waals surface area contributed by atoms with Gasteiger partial charge in [-0.3, -0.25) is 14.4 Å². The molecule has 3 heterocycles. The summed E-state index contributed by atoms with van der Waals surface area (Å²) in [7, 11) is 1.73. The molecule has 0 radical (unpaired) electrons. The lowest BCUT2D eigenvalue weighted by molar-refractivity contribution is -0.133. The van der Waals surface area contributed by atoms with Crippen molar-refractivity contribution in [2.45, 2.75) is 38.3 Å². The van der Waals surface area contributed by atoms with E-state index in [4.69, 9.17) is 4.74 Å². The van der Waals surface area contributed by atoms with Gasteiger partial charge >= 0.3 is 0 Å². The van der Waals surface area contributed by atoms with Crippen LogP contribution >= 0.6 is 0 Å².